The maximum Gasteiger partial charge on any atom is 0.328 e. The lowest BCUT2D eigenvalue weighted by atomic mass is 10.1. The van der Waals surface area contributed by atoms with Gasteiger partial charge in [-0.2, -0.15) is 5.10 Å². The van der Waals surface area contributed by atoms with E-state index in [1.165, 1.54) is 0 Å². The van der Waals surface area contributed by atoms with Gasteiger partial charge in [0.2, 0.25) is 0 Å². The predicted octanol–water partition coefficient (Wildman–Crippen LogP) is 1.44. The molecule has 2 unspecified atom stereocenters. The van der Waals surface area contributed by atoms with E-state index in [1.807, 2.05) is 21.0 Å². The molecule has 1 saturated heterocycles. The summed E-state index contributed by atoms with van der Waals surface area (Å²) in [5.74, 6) is -0.0400. The van der Waals surface area contributed by atoms with E-state index in [0.29, 0.717) is 0 Å². The van der Waals surface area contributed by atoms with E-state index in [1.54, 1.807) is 10.8 Å². The molecule has 1 aliphatic heterocycles. The van der Waals surface area contributed by atoms with Crippen LogP contribution in [0, 0.1) is 6.92 Å². The van der Waals surface area contributed by atoms with Crippen LogP contribution >= 0.6 is 0 Å². The molecule has 2 atom stereocenters. The minimum Gasteiger partial charge on any atom is -0.478 e. The minimum absolute atomic E-state index is 0.159. The lowest BCUT2D eigenvalue weighted by Gasteiger charge is -2.29. The van der Waals surface area contributed by atoms with Crippen LogP contribution in [0.5, 0.6) is 0 Å². The highest BCUT2D eigenvalue weighted by Crippen LogP contribution is 2.29. The Morgan fingerprint density at radius 2 is 2.30 bits per heavy atom. The van der Waals surface area contributed by atoms with E-state index < -0.39 is 5.97 Å². The molecule has 0 bridgehead atoms. The fraction of sp³-hybridized carbons (Fsp3) is 0.571. The third kappa shape index (κ3) is 2.70. The molecule has 1 aliphatic rings. The Bertz CT molecular complexity index is 536. The monoisotopic (exact) mass is 279 g/mol. The van der Waals surface area contributed by atoms with Gasteiger partial charge >= 0.3 is 5.97 Å². The van der Waals surface area contributed by atoms with Crippen molar-refractivity contribution in [2.24, 2.45) is 7.05 Å². The van der Waals surface area contributed by atoms with E-state index in [0.717, 1.165) is 36.2 Å². The Morgan fingerprint density at radius 1 is 1.60 bits per heavy atom. The summed E-state index contributed by atoms with van der Waals surface area (Å²) < 4.78 is 7.40. The second-order valence-corrected chi connectivity index (χ2v) is 5.16. The zero-order valence-corrected chi connectivity index (χ0v) is 12.3. The highest BCUT2D eigenvalue weighted by molar-refractivity contribution is 5.87. The van der Waals surface area contributed by atoms with Crippen LogP contribution in [0.4, 0.5) is 5.82 Å². The number of aliphatic carboxylic acids is 1. The maximum absolute atomic E-state index is 10.7. The average molecular weight is 279 g/mol. The minimum atomic E-state index is -0.959. The van der Waals surface area contributed by atoms with E-state index in [-0.39, 0.29) is 12.1 Å². The van der Waals surface area contributed by atoms with E-state index in [4.69, 9.17) is 9.84 Å². The molecule has 1 N–H and O–H groups in total. The topological polar surface area (TPSA) is 67.6 Å². The van der Waals surface area contributed by atoms with Crippen molar-refractivity contribution in [3.05, 3.63) is 17.3 Å². The van der Waals surface area contributed by atoms with Gasteiger partial charge in [0.25, 0.3) is 0 Å². The summed E-state index contributed by atoms with van der Waals surface area (Å²) in [6, 6.07) is 0.279. The van der Waals surface area contributed by atoms with Crippen LogP contribution in [0.3, 0.4) is 0 Å². The van der Waals surface area contributed by atoms with Gasteiger partial charge in [-0.15, -0.1) is 0 Å². The Hall–Kier alpha value is -1.82. The first-order valence-corrected chi connectivity index (χ1v) is 6.71. The predicted molar refractivity (Wildman–Crippen MR) is 76.8 cm³/mol. The van der Waals surface area contributed by atoms with Crippen molar-refractivity contribution in [1.29, 1.82) is 0 Å². The number of aryl methyl sites for hydroxylation is 2. The summed E-state index contributed by atoms with van der Waals surface area (Å²) in [5.41, 5.74) is 1.66. The SMILES string of the molecule is Cc1nn(C)c(N(C)C2CCOC2C)c1/C=C/C(=O)O. The molecule has 2 rings (SSSR count). The van der Waals surface area contributed by atoms with Crippen LogP contribution < -0.4 is 4.90 Å². The summed E-state index contributed by atoms with van der Waals surface area (Å²) in [7, 11) is 3.88. The van der Waals surface area contributed by atoms with Gasteiger partial charge in [0, 0.05) is 32.3 Å². The lowest BCUT2D eigenvalue weighted by molar-refractivity contribution is -0.131. The zero-order chi connectivity index (χ0) is 14.9. The average Bonchev–Trinajstić information content (AvgIpc) is 2.89. The Morgan fingerprint density at radius 3 is 2.85 bits per heavy atom. The molecule has 110 valence electrons. The van der Waals surface area contributed by atoms with Gasteiger partial charge < -0.3 is 14.7 Å². The fourth-order valence-corrected chi connectivity index (χ4v) is 2.82. The van der Waals surface area contributed by atoms with Gasteiger partial charge in [0.05, 0.1) is 17.8 Å². The molecule has 0 saturated carbocycles. The van der Waals surface area contributed by atoms with Crippen LogP contribution in [0.2, 0.25) is 0 Å². The number of aromatic nitrogens is 2. The summed E-state index contributed by atoms with van der Waals surface area (Å²) >= 11 is 0. The smallest absolute Gasteiger partial charge is 0.328 e. The molecule has 1 aromatic heterocycles. The number of hydrogen-bond donors (Lipinski definition) is 1. The molecular weight excluding hydrogens is 258 g/mol. The Balaban J connectivity index is 2.37. The number of anilines is 1. The first-order valence-electron chi connectivity index (χ1n) is 6.71. The van der Waals surface area contributed by atoms with Crippen molar-refractivity contribution in [2.75, 3.05) is 18.6 Å². The number of carboxylic acids is 1. The van der Waals surface area contributed by atoms with Crippen molar-refractivity contribution >= 4 is 17.9 Å². The van der Waals surface area contributed by atoms with Crippen LogP contribution in [0.1, 0.15) is 24.6 Å². The molecular formula is C14H21N3O3. The normalized spacial score (nSPS) is 22.6. The third-order valence-corrected chi connectivity index (χ3v) is 3.80. The van der Waals surface area contributed by atoms with Gasteiger partial charge in [-0.05, 0) is 26.3 Å². The zero-order valence-electron chi connectivity index (χ0n) is 12.3. The Kier molecular flexibility index (Phi) is 4.13. The molecule has 6 heteroatoms. The third-order valence-electron chi connectivity index (χ3n) is 3.80. The van der Waals surface area contributed by atoms with Crippen molar-refractivity contribution in [2.45, 2.75) is 32.4 Å². The number of carboxylic acid groups (broad SMARTS) is 1. The van der Waals surface area contributed by atoms with Crippen LogP contribution in [0.15, 0.2) is 6.08 Å². The van der Waals surface area contributed by atoms with Gasteiger partial charge in [0.1, 0.15) is 5.82 Å². The van der Waals surface area contributed by atoms with E-state index in [9.17, 15) is 4.79 Å². The molecule has 20 heavy (non-hydrogen) atoms. The van der Waals surface area contributed by atoms with Crippen molar-refractivity contribution in [3.63, 3.8) is 0 Å². The van der Waals surface area contributed by atoms with E-state index >= 15 is 0 Å². The van der Waals surface area contributed by atoms with Gasteiger partial charge in [0.15, 0.2) is 0 Å². The molecule has 6 nitrogen and oxygen atoms in total. The summed E-state index contributed by atoms with van der Waals surface area (Å²) in [5, 5.41) is 13.2. The van der Waals surface area contributed by atoms with Gasteiger partial charge in [-0.1, -0.05) is 0 Å². The number of ether oxygens (including phenoxy) is 1. The molecule has 2 heterocycles. The van der Waals surface area contributed by atoms with Crippen LogP contribution in [-0.4, -0.2) is 46.7 Å². The number of nitrogens with zero attached hydrogens (tertiary/aromatic N) is 3. The highest BCUT2D eigenvalue weighted by atomic mass is 16.5. The van der Waals surface area contributed by atoms with Gasteiger partial charge in [-0.25, -0.2) is 4.79 Å². The number of likely N-dealkylation sites (N-methyl/N-ethyl adjacent to an activating group) is 1. The molecule has 0 radical (unpaired) electrons. The molecule has 0 amide bonds. The molecule has 0 spiro atoms. The highest BCUT2D eigenvalue weighted by Gasteiger charge is 2.30. The summed E-state index contributed by atoms with van der Waals surface area (Å²) in [6.07, 6.45) is 3.88. The standard InChI is InChI=1S/C14H21N3O3/c1-9-11(5-6-13(18)19)14(17(4)15-9)16(3)12-7-8-20-10(12)2/h5-6,10,12H,7-8H2,1-4H3,(H,18,19)/b6-5+. The second kappa shape index (κ2) is 5.66. The lowest BCUT2D eigenvalue weighted by Crippen LogP contribution is -2.38. The van der Waals surface area contributed by atoms with Crippen LogP contribution in [-0.2, 0) is 16.6 Å². The number of hydrogen-bond acceptors (Lipinski definition) is 4. The first-order chi connectivity index (χ1) is 9.41. The molecule has 0 aromatic carbocycles. The number of rotatable bonds is 4. The van der Waals surface area contributed by atoms with Crippen LogP contribution in [0.25, 0.3) is 6.08 Å². The Labute approximate surface area is 118 Å². The molecule has 0 aliphatic carbocycles. The number of carbonyl (C=O) groups is 1. The van der Waals surface area contributed by atoms with Crippen molar-refractivity contribution in [3.8, 4) is 0 Å². The van der Waals surface area contributed by atoms with E-state index in [2.05, 4.69) is 16.9 Å². The maximum atomic E-state index is 10.7. The second-order valence-electron chi connectivity index (χ2n) is 5.16. The van der Waals surface area contributed by atoms with Crippen molar-refractivity contribution in [1.82, 2.24) is 9.78 Å². The largest absolute Gasteiger partial charge is 0.478 e. The first kappa shape index (κ1) is 14.6. The summed E-state index contributed by atoms with van der Waals surface area (Å²) in [4.78, 5) is 12.9. The quantitative estimate of drug-likeness (QED) is 0.845. The summed E-state index contributed by atoms with van der Waals surface area (Å²) in [6.45, 7) is 4.70. The van der Waals surface area contributed by atoms with Crippen molar-refractivity contribution < 1.29 is 14.6 Å². The molecule has 1 aromatic rings. The van der Waals surface area contributed by atoms with Gasteiger partial charge in [-0.3, -0.25) is 4.68 Å². The molecule has 1 fully saturated rings. The fourth-order valence-electron chi connectivity index (χ4n) is 2.82.